The van der Waals surface area contributed by atoms with Crippen molar-refractivity contribution >= 4 is 0 Å². The van der Waals surface area contributed by atoms with Gasteiger partial charge in [-0.3, -0.25) is 0 Å². The molecule has 0 amide bonds. The Kier molecular flexibility index (Phi) is 0.111. The van der Waals surface area contributed by atoms with Crippen LogP contribution in [0.5, 0.6) is 0 Å². The van der Waals surface area contributed by atoms with Crippen molar-refractivity contribution in [2.75, 3.05) is 0 Å². The van der Waals surface area contributed by atoms with E-state index in [2.05, 4.69) is 0 Å². The average molecular weight is 68.1 g/mol. The van der Waals surface area contributed by atoms with E-state index in [0.29, 0.717) is 0 Å². The molecule has 0 aromatic heterocycles. The SMILES string of the molecule is C.C12C3C1C23. The Balaban J connectivity index is 0.000000120. The topological polar surface area (TPSA) is 0 Å². The van der Waals surface area contributed by atoms with Gasteiger partial charge in [0.15, 0.2) is 0 Å². The summed E-state index contributed by atoms with van der Waals surface area (Å²) in [6, 6.07) is 0. The highest BCUT2D eigenvalue weighted by molar-refractivity contribution is 5.43. The van der Waals surface area contributed by atoms with Gasteiger partial charge in [0.1, 0.15) is 0 Å². The van der Waals surface area contributed by atoms with Gasteiger partial charge in [-0.1, -0.05) is 7.43 Å². The van der Waals surface area contributed by atoms with Crippen molar-refractivity contribution < 1.29 is 0 Å². The van der Waals surface area contributed by atoms with Gasteiger partial charge >= 0.3 is 0 Å². The summed E-state index contributed by atoms with van der Waals surface area (Å²) in [6.07, 6.45) is 0. The maximum atomic E-state index is 1.33. The Morgan fingerprint density at radius 3 is 0.800 bits per heavy atom. The van der Waals surface area contributed by atoms with Gasteiger partial charge in [0.25, 0.3) is 0 Å². The second kappa shape index (κ2) is 0.250. The molecule has 0 heterocycles. The average Bonchev–Trinajstić information content (AvgIpc) is 1.71. The van der Waals surface area contributed by atoms with Crippen LogP contribution in [0.1, 0.15) is 7.43 Å². The molecule has 0 bridgehead atoms. The van der Waals surface area contributed by atoms with Crippen molar-refractivity contribution in [1.29, 1.82) is 0 Å². The highest BCUT2D eigenvalue weighted by Gasteiger charge is 2.97. The molecule has 4 aliphatic carbocycles. The molecule has 0 radical (unpaired) electrons. The molecule has 0 unspecified atom stereocenters. The monoisotopic (exact) mass is 68.1 g/mol. The normalized spacial score (nSPS) is 86.4. The molecule has 0 spiro atoms. The Bertz CT molecular complexity index is 43.0. The van der Waals surface area contributed by atoms with Gasteiger partial charge in [0, 0.05) is 0 Å². The van der Waals surface area contributed by atoms with Crippen LogP contribution < -0.4 is 0 Å². The Hall–Kier alpha value is 0. The van der Waals surface area contributed by atoms with E-state index in [0.717, 1.165) is 0 Å². The zero-order valence-corrected chi connectivity index (χ0v) is 2.31. The lowest BCUT2D eigenvalue weighted by atomic mass is 11.0. The minimum atomic E-state index is 0. The molecule has 0 heteroatoms. The van der Waals surface area contributed by atoms with E-state index >= 15 is 0 Å². The summed E-state index contributed by atoms with van der Waals surface area (Å²) in [7, 11) is 0. The fourth-order valence-corrected chi connectivity index (χ4v) is 1.10. The first-order valence-corrected chi connectivity index (χ1v) is 2.00. The summed E-state index contributed by atoms with van der Waals surface area (Å²) in [5, 5.41) is 0. The summed E-state index contributed by atoms with van der Waals surface area (Å²) >= 11 is 0. The Morgan fingerprint density at radius 1 is 0.600 bits per heavy atom. The fraction of sp³-hybridized carbons (Fsp3) is 1.00. The highest BCUT2D eigenvalue weighted by atomic mass is 15.0. The van der Waals surface area contributed by atoms with E-state index in [4.69, 9.17) is 0 Å². The molecule has 4 fully saturated rings. The molecule has 0 aliphatic heterocycles. The van der Waals surface area contributed by atoms with Crippen molar-refractivity contribution in [2.24, 2.45) is 23.7 Å². The predicted molar refractivity (Wildman–Crippen MR) is 20.7 cm³/mol. The molecule has 0 nitrogen and oxygen atoms in total. The van der Waals surface area contributed by atoms with Crippen LogP contribution in [0.4, 0.5) is 0 Å². The zero-order valence-electron chi connectivity index (χ0n) is 2.31. The van der Waals surface area contributed by atoms with Gasteiger partial charge in [-0.25, -0.2) is 0 Å². The lowest BCUT2D eigenvalue weighted by Crippen LogP contribution is -1.00. The van der Waals surface area contributed by atoms with Gasteiger partial charge in [0.05, 0.1) is 0 Å². The summed E-state index contributed by atoms with van der Waals surface area (Å²) in [6.45, 7) is 0. The van der Waals surface area contributed by atoms with Crippen LogP contribution in [0.25, 0.3) is 0 Å². The molecule has 0 saturated heterocycles. The van der Waals surface area contributed by atoms with Crippen molar-refractivity contribution in [1.82, 2.24) is 0 Å². The largest absolute Gasteiger partial charge is 0.0776 e. The maximum absolute atomic E-state index is 1.33. The van der Waals surface area contributed by atoms with Gasteiger partial charge in [-0.05, 0) is 23.7 Å². The van der Waals surface area contributed by atoms with Crippen LogP contribution in [0.3, 0.4) is 0 Å². The molecule has 4 aliphatic rings. The predicted octanol–water partition coefficient (Wildman–Crippen LogP) is 1.13. The molecule has 4 saturated carbocycles. The fourth-order valence-electron chi connectivity index (χ4n) is 1.10. The minimum Gasteiger partial charge on any atom is -0.0776 e. The van der Waals surface area contributed by atoms with E-state index in [1.807, 2.05) is 0 Å². The van der Waals surface area contributed by atoms with E-state index in [1.54, 1.807) is 0 Å². The van der Waals surface area contributed by atoms with Crippen molar-refractivity contribution in [3.8, 4) is 0 Å². The van der Waals surface area contributed by atoms with E-state index in [-0.39, 0.29) is 7.43 Å². The minimum absolute atomic E-state index is 0. The summed E-state index contributed by atoms with van der Waals surface area (Å²) in [5.41, 5.74) is 0. The maximum Gasteiger partial charge on any atom is -0.0312 e. The first-order valence-electron chi connectivity index (χ1n) is 2.00. The number of hydrogen-bond donors (Lipinski definition) is 0. The molecule has 4 rings (SSSR count). The summed E-state index contributed by atoms with van der Waals surface area (Å²) in [5.74, 6) is 5.33. The van der Waals surface area contributed by atoms with Crippen molar-refractivity contribution in [3.63, 3.8) is 0 Å². The molecular formula is C5H8. The zero-order chi connectivity index (χ0) is 2.31. The van der Waals surface area contributed by atoms with Gasteiger partial charge in [-0.2, -0.15) is 0 Å². The van der Waals surface area contributed by atoms with Crippen LogP contribution in [0.15, 0.2) is 0 Å². The Morgan fingerprint density at radius 2 is 0.800 bits per heavy atom. The van der Waals surface area contributed by atoms with Crippen LogP contribution in [-0.2, 0) is 0 Å². The van der Waals surface area contributed by atoms with Gasteiger partial charge in [-0.15, -0.1) is 0 Å². The van der Waals surface area contributed by atoms with E-state index in [1.165, 1.54) is 23.7 Å². The molecule has 5 heavy (non-hydrogen) atoms. The molecule has 0 aromatic rings. The lowest BCUT2D eigenvalue weighted by Gasteiger charge is -1.03. The van der Waals surface area contributed by atoms with E-state index < -0.39 is 0 Å². The lowest BCUT2D eigenvalue weighted by molar-refractivity contribution is 1.43. The van der Waals surface area contributed by atoms with Crippen molar-refractivity contribution in [2.45, 2.75) is 7.43 Å². The molecular weight excluding hydrogens is 60.1 g/mol. The Labute approximate surface area is 32.2 Å². The third-order valence-electron chi connectivity index (χ3n) is 2.10. The van der Waals surface area contributed by atoms with Crippen molar-refractivity contribution in [3.05, 3.63) is 0 Å². The van der Waals surface area contributed by atoms with Crippen LogP contribution in [0.2, 0.25) is 0 Å². The molecule has 0 atom stereocenters. The highest BCUT2D eigenvalue weighted by Crippen LogP contribution is 3.00. The van der Waals surface area contributed by atoms with Gasteiger partial charge < -0.3 is 0 Å². The first kappa shape index (κ1) is 2.22. The third kappa shape index (κ3) is 0.0625. The standard InChI is InChI=1S/C4H4.CH4/c1-2-3(1)4(1)2;/h1-4H;1H4. The van der Waals surface area contributed by atoms with Gasteiger partial charge in [0.2, 0.25) is 0 Å². The van der Waals surface area contributed by atoms with Crippen LogP contribution >= 0.6 is 0 Å². The summed E-state index contributed by atoms with van der Waals surface area (Å²) in [4.78, 5) is 0. The van der Waals surface area contributed by atoms with E-state index in [9.17, 15) is 0 Å². The quantitative estimate of drug-likeness (QED) is 0.399. The molecule has 0 N–H and O–H groups in total. The number of rotatable bonds is 0. The molecule has 28 valence electrons. The summed E-state index contributed by atoms with van der Waals surface area (Å²) < 4.78 is 0. The second-order valence-corrected chi connectivity index (χ2v) is 2.31. The number of hydrogen-bond acceptors (Lipinski definition) is 0. The second-order valence-electron chi connectivity index (χ2n) is 2.31. The first-order chi connectivity index (χ1) is 2.00. The van der Waals surface area contributed by atoms with Crippen LogP contribution in [-0.4, -0.2) is 0 Å². The molecule has 0 aromatic carbocycles. The van der Waals surface area contributed by atoms with Crippen LogP contribution in [0, 0.1) is 23.7 Å². The third-order valence-corrected chi connectivity index (χ3v) is 2.10. The smallest absolute Gasteiger partial charge is 0.0312 e.